The molecule has 0 aliphatic carbocycles. The molecule has 2 N–H and O–H groups in total. The van der Waals surface area contributed by atoms with E-state index in [1.165, 1.54) is 6.07 Å². The van der Waals surface area contributed by atoms with E-state index in [0.29, 0.717) is 0 Å². The summed E-state index contributed by atoms with van der Waals surface area (Å²) in [6, 6.07) is 4.61. The molecule has 0 aliphatic rings. The van der Waals surface area contributed by atoms with Gasteiger partial charge < -0.3 is 5.73 Å². The van der Waals surface area contributed by atoms with Gasteiger partial charge in [0.2, 0.25) is 0 Å². The number of nitrogens with two attached hydrogens (primary N) is 1. The maximum absolute atomic E-state index is 13.6. The Hall–Kier alpha value is -1.68. The van der Waals surface area contributed by atoms with Gasteiger partial charge >= 0.3 is 0 Å². The molecular weight excluding hydrogens is 241 g/mol. The predicted molar refractivity (Wildman–Crippen MR) is 75.3 cm³/mol. The Bertz CT molecular complexity index is 585. The smallest absolute Gasteiger partial charge is 0.123 e. The lowest BCUT2D eigenvalue weighted by molar-refractivity contribution is 0.626. The number of hydrogen-bond donors (Lipinski definition) is 1. The first-order chi connectivity index (χ1) is 8.90. The normalized spacial score (nSPS) is 13.0. The van der Waals surface area contributed by atoms with Crippen molar-refractivity contribution in [3.8, 4) is 11.1 Å². The Morgan fingerprint density at radius 2 is 1.89 bits per heavy atom. The Morgan fingerprint density at radius 3 is 2.47 bits per heavy atom. The average Bonchev–Trinajstić information content (AvgIpc) is 2.70. The highest BCUT2D eigenvalue weighted by atomic mass is 19.1. The van der Waals surface area contributed by atoms with Crippen LogP contribution in [0, 0.1) is 5.82 Å². The van der Waals surface area contributed by atoms with Crippen LogP contribution in [0.4, 0.5) is 4.39 Å². The van der Waals surface area contributed by atoms with Crippen LogP contribution >= 0.6 is 0 Å². The standard InChI is InChI=1S/C15H20FN3/c1-9(2)15-14(8-19(4)18-15)13-7-11(16)5-6-12(13)10(3)17/h5-10H,17H2,1-4H3. The third kappa shape index (κ3) is 2.68. The van der Waals surface area contributed by atoms with Crippen molar-refractivity contribution >= 4 is 0 Å². The monoisotopic (exact) mass is 261 g/mol. The average molecular weight is 261 g/mol. The summed E-state index contributed by atoms with van der Waals surface area (Å²) >= 11 is 0. The van der Waals surface area contributed by atoms with E-state index < -0.39 is 0 Å². The van der Waals surface area contributed by atoms with Gasteiger partial charge in [-0.2, -0.15) is 5.10 Å². The van der Waals surface area contributed by atoms with Crippen LogP contribution in [-0.2, 0) is 7.05 Å². The van der Waals surface area contributed by atoms with Crippen molar-refractivity contribution in [2.24, 2.45) is 12.8 Å². The summed E-state index contributed by atoms with van der Waals surface area (Å²) in [6.07, 6.45) is 1.93. The van der Waals surface area contributed by atoms with Gasteiger partial charge in [0.15, 0.2) is 0 Å². The van der Waals surface area contributed by atoms with Crippen molar-refractivity contribution in [3.05, 3.63) is 41.5 Å². The molecule has 0 amide bonds. The van der Waals surface area contributed by atoms with Crippen LogP contribution in [-0.4, -0.2) is 9.78 Å². The Kier molecular flexibility index (Phi) is 3.71. The van der Waals surface area contributed by atoms with Gasteiger partial charge in [-0.3, -0.25) is 4.68 Å². The second-order valence-electron chi connectivity index (χ2n) is 5.28. The fourth-order valence-corrected chi connectivity index (χ4v) is 2.30. The zero-order chi connectivity index (χ0) is 14.2. The van der Waals surface area contributed by atoms with Crippen LogP contribution in [0.5, 0.6) is 0 Å². The van der Waals surface area contributed by atoms with Crippen LogP contribution in [0.2, 0.25) is 0 Å². The Morgan fingerprint density at radius 1 is 1.21 bits per heavy atom. The van der Waals surface area contributed by atoms with Crippen molar-refractivity contribution in [2.75, 3.05) is 0 Å². The molecule has 0 aliphatic heterocycles. The Balaban J connectivity index is 2.67. The van der Waals surface area contributed by atoms with Crippen LogP contribution < -0.4 is 5.73 Å². The number of benzene rings is 1. The molecule has 1 heterocycles. The van der Waals surface area contributed by atoms with Crippen molar-refractivity contribution in [1.29, 1.82) is 0 Å². The lowest BCUT2D eigenvalue weighted by Crippen LogP contribution is -2.07. The highest BCUT2D eigenvalue weighted by molar-refractivity contribution is 5.70. The van der Waals surface area contributed by atoms with Gasteiger partial charge in [-0.1, -0.05) is 19.9 Å². The molecular formula is C15H20FN3. The molecule has 0 fully saturated rings. The summed E-state index contributed by atoms with van der Waals surface area (Å²) in [5.74, 6) is 0.0263. The first-order valence-corrected chi connectivity index (χ1v) is 6.49. The number of aryl methyl sites for hydroxylation is 1. The molecule has 2 rings (SSSR count). The van der Waals surface area contributed by atoms with Gasteiger partial charge in [-0.15, -0.1) is 0 Å². The molecule has 1 atom stereocenters. The van der Waals surface area contributed by atoms with Crippen molar-refractivity contribution in [2.45, 2.75) is 32.7 Å². The molecule has 19 heavy (non-hydrogen) atoms. The van der Waals surface area contributed by atoms with E-state index in [2.05, 4.69) is 18.9 Å². The largest absolute Gasteiger partial charge is 0.324 e. The van der Waals surface area contributed by atoms with Crippen molar-refractivity contribution in [1.82, 2.24) is 9.78 Å². The molecule has 0 radical (unpaired) electrons. The fourth-order valence-electron chi connectivity index (χ4n) is 2.30. The molecule has 1 unspecified atom stereocenters. The van der Waals surface area contributed by atoms with Crippen molar-refractivity contribution < 1.29 is 4.39 Å². The first-order valence-electron chi connectivity index (χ1n) is 6.49. The summed E-state index contributed by atoms with van der Waals surface area (Å²) in [5.41, 5.74) is 9.70. The number of rotatable bonds is 3. The van der Waals surface area contributed by atoms with E-state index >= 15 is 0 Å². The second-order valence-corrected chi connectivity index (χ2v) is 5.28. The zero-order valence-electron chi connectivity index (χ0n) is 11.8. The number of nitrogens with zero attached hydrogens (tertiary/aromatic N) is 2. The maximum atomic E-state index is 13.6. The second kappa shape index (κ2) is 5.13. The molecule has 102 valence electrons. The minimum Gasteiger partial charge on any atom is -0.324 e. The van der Waals surface area contributed by atoms with E-state index in [0.717, 1.165) is 22.4 Å². The van der Waals surface area contributed by atoms with E-state index in [1.54, 1.807) is 16.8 Å². The van der Waals surface area contributed by atoms with Crippen LogP contribution in [0.15, 0.2) is 24.4 Å². The maximum Gasteiger partial charge on any atom is 0.123 e. The van der Waals surface area contributed by atoms with Gasteiger partial charge in [0.05, 0.1) is 5.69 Å². The minimum atomic E-state index is -0.252. The molecule has 0 saturated carbocycles. The zero-order valence-corrected chi connectivity index (χ0v) is 11.8. The molecule has 0 spiro atoms. The van der Waals surface area contributed by atoms with Gasteiger partial charge in [0.25, 0.3) is 0 Å². The summed E-state index contributed by atoms with van der Waals surface area (Å²) in [7, 11) is 1.88. The van der Waals surface area contributed by atoms with Gasteiger partial charge in [-0.05, 0) is 36.1 Å². The topological polar surface area (TPSA) is 43.8 Å². The summed E-state index contributed by atoms with van der Waals surface area (Å²) in [5, 5.41) is 4.47. The van der Waals surface area contributed by atoms with Gasteiger partial charge in [0, 0.05) is 24.8 Å². The third-order valence-corrected chi connectivity index (χ3v) is 3.20. The van der Waals surface area contributed by atoms with Gasteiger partial charge in [-0.25, -0.2) is 4.39 Å². The molecule has 2 aromatic rings. The highest BCUT2D eigenvalue weighted by Gasteiger charge is 2.18. The number of halogens is 1. The first kappa shape index (κ1) is 13.7. The quantitative estimate of drug-likeness (QED) is 0.920. The summed E-state index contributed by atoms with van der Waals surface area (Å²) in [4.78, 5) is 0. The van der Waals surface area contributed by atoms with Gasteiger partial charge in [0.1, 0.15) is 5.82 Å². The Labute approximate surface area is 113 Å². The van der Waals surface area contributed by atoms with Crippen molar-refractivity contribution in [3.63, 3.8) is 0 Å². The molecule has 1 aromatic heterocycles. The summed E-state index contributed by atoms with van der Waals surface area (Å²) < 4.78 is 15.3. The molecule has 3 nitrogen and oxygen atoms in total. The third-order valence-electron chi connectivity index (χ3n) is 3.20. The minimum absolute atomic E-state index is 0.143. The summed E-state index contributed by atoms with van der Waals surface area (Å²) in [6.45, 7) is 6.06. The lowest BCUT2D eigenvalue weighted by Gasteiger charge is -2.14. The van der Waals surface area contributed by atoms with Crippen LogP contribution in [0.1, 0.15) is 44.0 Å². The molecule has 0 saturated heterocycles. The molecule has 0 bridgehead atoms. The number of hydrogen-bond acceptors (Lipinski definition) is 2. The molecule has 4 heteroatoms. The van der Waals surface area contributed by atoms with E-state index in [-0.39, 0.29) is 17.8 Å². The lowest BCUT2D eigenvalue weighted by atomic mass is 9.93. The van der Waals surface area contributed by atoms with Crippen LogP contribution in [0.25, 0.3) is 11.1 Å². The highest BCUT2D eigenvalue weighted by Crippen LogP contribution is 2.33. The predicted octanol–water partition coefficient (Wildman–Crippen LogP) is 3.37. The fraction of sp³-hybridized carbons (Fsp3) is 0.400. The van der Waals surface area contributed by atoms with E-state index in [1.807, 2.05) is 20.2 Å². The SMILES string of the molecule is CC(C)c1nn(C)cc1-c1cc(F)ccc1C(C)N. The molecule has 1 aromatic carbocycles. The number of aromatic nitrogens is 2. The van der Waals surface area contributed by atoms with E-state index in [9.17, 15) is 4.39 Å². The van der Waals surface area contributed by atoms with Crippen LogP contribution in [0.3, 0.4) is 0 Å². The van der Waals surface area contributed by atoms with E-state index in [4.69, 9.17) is 5.73 Å².